The Bertz CT molecular complexity index is 460. The second-order valence-electron chi connectivity index (χ2n) is 6.25. The van der Waals surface area contributed by atoms with E-state index in [-0.39, 0.29) is 5.25 Å². The molecule has 1 N–H and O–H groups in total. The van der Waals surface area contributed by atoms with E-state index in [4.69, 9.17) is 0 Å². The van der Waals surface area contributed by atoms with Crippen molar-refractivity contribution in [3.05, 3.63) is 12.2 Å². The number of sulfonamides is 1. The summed E-state index contributed by atoms with van der Waals surface area (Å²) in [6.45, 7) is 5.07. The molecule has 0 unspecified atom stereocenters. The molecule has 2 bridgehead atoms. The summed E-state index contributed by atoms with van der Waals surface area (Å²) in [5, 5.41) is -0.207. The largest absolute Gasteiger partial charge is 0.302 e. The van der Waals surface area contributed by atoms with E-state index in [1.165, 1.54) is 12.8 Å². The third-order valence-corrected chi connectivity index (χ3v) is 6.88. The van der Waals surface area contributed by atoms with Gasteiger partial charge >= 0.3 is 0 Å². The third kappa shape index (κ3) is 2.73. The van der Waals surface area contributed by atoms with Gasteiger partial charge in [-0.05, 0) is 43.6 Å². The minimum absolute atomic E-state index is 0.207. The van der Waals surface area contributed by atoms with Gasteiger partial charge in [-0.3, -0.25) is 0 Å². The van der Waals surface area contributed by atoms with Crippen LogP contribution in [0.5, 0.6) is 0 Å². The molecule has 1 saturated carbocycles. The molecule has 1 heterocycles. The molecule has 0 amide bonds. The molecule has 19 heavy (non-hydrogen) atoms. The number of likely N-dealkylation sites (tertiary alicyclic amines) is 1. The Kier molecular flexibility index (Phi) is 3.71. The van der Waals surface area contributed by atoms with E-state index in [0.29, 0.717) is 13.1 Å². The summed E-state index contributed by atoms with van der Waals surface area (Å²) < 4.78 is 26.6. The molecule has 108 valence electrons. The fourth-order valence-corrected chi connectivity index (χ4v) is 5.43. The molecule has 5 heteroatoms. The summed E-state index contributed by atoms with van der Waals surface area (Å²) in [4.78, 5) is 2.36. The van der Waals surface area contributed by atoms with Crippen LogP contribution in [0.2, 0.25) is 0 Å². The van der Waals surface area contributed by atoms with Crippen molar-refractivity contribution in [1.29, 1.82) is 0 Å². The van der Waals surface area contributed by atoms with Crippen LogP contribution in [0.4, 0.5) is 0 Å². The molecule has 4 atom stereocenters. The van der Waals surface area contributed by atoms with Crippen molar-refractivity contribution >= 4 is 10.0 Å². The van der Waals surface area contributed by atoms with Gasteiger partial charge in [-0.25, -0.2) is 13.1 Å². The highest BCUT2D eigenvalue weighted by Gasteiger charge is 2.39. The van der Waals surface area contributed by atoms with Crippen molar-refractivity contribution in [3.8, 4) is 0 Å². The van der Waals surface area contributed by atoms with Gasteiger partial charge in [-0.1, -0.05) is 19.1 Å². The summed E-state index contributed by atoms with van der Waals surface area (Å²) in [5.41, 5.74) is 0. The zero-order valence-corrected chi connectivity index (χ0v) is 12.4. The normalized spacial score (nSPS) is 38.4. The van der Waals surface area contributed by atoms with Gasteiger partial charge in [-0.2, -0.15) is 0 Å². The highest BCUT2D eigenvalue weighted by Crippen LogP contribution is 2.43. The van der Waals surface area contributed by atoms with Gasteiger partial charge in [0.1, 0.15) is 0 Å². The zero-order chi connectivity index (χ0) is 13.5. The minimum Gasteiger partial charge on any atom is -0.302 e. The first-order valence-corrected chi connectivity index (χ1v) is 9.02. The van der Waals surface area contributed by atoms with Crippen LogP contribution in [0, 0.1) is 17.8 Å². The average Bonchev–Trinajstić information content (AvgIpc) is 3.04. The lowest BCUT2D eigenvalue weighted by atomic mass is 9.93. The van der Waals surface area contributed by atoms with Crippen LogP contribution in [0.3, 0.4) is 0 Å². The fraction of sp³-hybridized carbons (Fsp3) is 0.857. The molecule has 1 saturated heterocycles. The van der Waals surface area contributed by atoms with Gasteiger partial charge in [0.2, 0.25) is 10.0 Å². The van der Waals surface area contributed by atoms with Gasteiger partial charge in [-0.15, -0.1) is 0 Å². The molecule has 2 fully saturated rings. The van der Waals surface area contributed by atoms with Crippen LogP contribution >= 0.6 is 0 Å². The van der Waals surface area contributed by atoms with Crippen LogP contribution in [-0.4, -0.2) is 44.7 Å². The van der Waals surface area contributed by atoms with E-state index < -0.39 is 10.0 Å². The number of hydrogen-bond acceptors (Lipinski definition) is 3. The number of fused-ring (bicyclic) bond motifs is 2. The lowest BCUT2D eigenvalue weighted by molar-refractivity contribution is 0.255. The van der Waals surface area contributed by atoms with Crippen molar-refractivity contribution in [3.63, 3.8) is 0 Å². The molecule has 1 aliphatic heterocycles. The lowest BCUT2D eigenvalue weighted by Crippen LogP contribution is -2.37. The first-order valence-electron chi connectivity index (χ1n) is 7.47. The Labute approximate surface area is 116 Å². The molecular formula is C14H24N2O2S. The number of nitrogens with one attached hydrogen (secondary N) is 1. The maximum atomic E-state index is 12.0. The van der Waals surface area contributed by atoms with Gasteiger partial charge in [0.25, 0.3) is 0 Å². The number of nitrogens with zero attached hydrogens (tertiary/aromatic N) is 1. The average molecular weight is 284 g/mol. The molecule has 2 aliphatic carbocycles. The molecule has 4 nitrogen and oxygen atoms in total. The van der Waals surface area contributed by atoms with Crippen molar-refractivity contribution in [2.75, 3.05) is 26.2 Å². The van der Waals surface area contributed by atoms with Crippen molar-refractivity contribution in [1.82, 2.24) is 9.62 Å². The predicted molar refractivity (Wildman–Crippen MR) is 76.3 cm³/mol. The SMILES string of the molecule is CCNS(=O)(=O)[C@@H]1CCN(C[C@@H]2C[C@H]3C=C[C@H]2C3)C1. The first kappa shape index (κ1) is 13.6. The van der Waals surface area contributed by atoms with Crippen LogP contribution < -0.4 is 4.72 Å². The topological polar surface area (TPSA) is 49.4 Å². The Morgan fingerprint density at radius 2 is 2.16 bits per heavy atom. The molecule has 0 radical (unpaired) electrons. The number of allylic oxidation sites excluding steroid dienone is 2. The van der Waals surface area contributed by atoms with Crippen molar-refractivity contribution in [2.45, 2.75) is 31.4 Å². The summed E-state index contributed by atoms with van der Waals surface area (Å²) in [6, 6.07) is 0. The predicted octanol–water partition coefficient (Wildman–Crippen LogP) is 1.21. The summed E-state index contributed by atoms with van der Waals surface area (Å²) in [5.74, 6) is 2.32. The lowest BCUT2D eigenvalue weighted by Gasteiger charge is -2.24. The Hall–Kier alpha value is -0.390. The van der Waals surface area contributed by atoms with Gasteiger partial charge in [0.05, 0.1) is 5.25 Å². The second-order valence-corrected chi connectivity index (χ2v) is 8.30. The van der Waals surface area contributed by atoms with E-state index in [9.17, 15) is 8.42 Å². The van der Waals surface area contributed by atoms with Crippen LogP contribution in [-0.2, 0) is 10.0 Å². The summed E-state index contributed by atoms with van der Waals surface area (Å²) in [7, 11) is -3.09. The van der Waals surface area contributed by atoms with Gasteiger partial charge < -0.3 is 4.90 Å². The Balaban J connectivity index is 1.54. The molecule has 0 aromatic rings. The molecule has 0 spiro atoms. The first-order chi connectivity index (χ1) is 9.08. The molecule has 0 aromatic heterocycles. The van der Waals surface area contributed by atoms with E-state index >= 15 is 0 Å². The smallest absolute Gasteiger partial charge is 0.215 e. The second kappa shape index (κ2) is 5.19. The maximum absolute atomic E-state index is 12.0. The number of rotatable bonds is 5. The maximum Gasteiger partial charge on any atom is 0.215 e. The van der Waals surface area contributed by atoms with Crippen molar-refractivity contribution < 1.29 is 8.42 Å². The van der Waals surface area contributed by atoms with E-state index in [1.54, 1.807) is 0 Å². The van der Waals surface area contributed by atoms with Gasteiger partial charge in [0, 0.05) is 19.6 Å². The fourth-order valence-electron chi connectivity index (χ4n) is 3.97. The summed E-state index contributed by atoms with van der Waals surface area (Å²) in [6.07, 6.45) is 8.16. The Morgan fingerprint density at radius 3 is 2.79 bits per heavy atom. The third-order valence-electron chi connectivity index (χ3n) is 4.92. The quantitative estimate of drug-likeness (QED) is 0.772. The zero-order valence-electron chi connectivity index (χ0n) is 11.6. The molecule has 3 rings (SSSR count). The highest BCUT2D eigenvalue weighted by atomic mass is 32.2. The molecule has 0 aromatic carbocycles. The van der Waals surface area contributed by atoms with E-state index in [2.05, 4.69) is 21.8 Å². The monoisotopic (exact) mass is 284 g/mol. The van der Waals surface area contributed by atoms with E-state index in [0.717, 1.165) is 37.3 Å². The van der Waals surface area contributed by atoms with Crippen LogP contribution in [0.1, 0.15) is 26.2 Å². The summed E-state index contributed by atoms with van der Waals surface area (Å²) >= 11 is 0. The van der Waals surface area contributed by atoms with E-state index in [1.807, 2.05) is 6.92 Å². The van der Waals surface area contributed by atoms with Crippen LogP contribution in [0.25, 0.3) is 0 Å². The molecule has 3 aliphatic rings. The van der Waals surface area contributed by atoms with Gasteiger partial charge in [0.15, 0.2) is 0 Å². The minimum atomic E-state index is -3.09. The van der Waals surface area contributed by atoms with Crippen LogP contribution in [0.15, 0.2) is 12.2 Å². The standard InChI is InChI=1S/C14H24N2O2S/c1-2-15-19(17,18)14-5-6-16(10-14)9-13-8-11-3-4-12(13)7-11/h3-4,11-15H,2,5-10H2,1H3/t11-,12-,13-,14+/m0/s1. The van der Waals surface area contributed by atoms with Crippen molar-refractivity contribution in [2.24, 2.45) is 17.8 Å². The highest BCUT2D eigenvalue weighted by molar-refractivity contribution is 7.90. The number of hydrogen-bond donors (Lipinski definition) is 1. The Morgan fingerprint density at radius 1 is 1.32 bits per heavy atom. The molecular weight excluding hydrogens is 260 g/mol.